The van der Waals surface area contributed by atoms with Gasteiger partial charge in [-0.15, -0.1) is 0 Å². The molecule has 0 bridgehead atoms. The molecule has 18 heavy (non-hydrogen) atoms. The van der Waals surface area contributed by atoms with Gasteiger partial charge in [0.15, 0.2) is 0 Å². The second-order valence-corrected chi connectivity index (χ2v) is 4.40. The summed E-state index contributed by atoms with van der Waals surface area (Å²) in [5.41, 5.74) is 0.382. The molecule has 0 spiro atoms. The fourth-order valence-corrected chi connectivity index (χ4v) is 1.17. The number of carbonyl (C=O) groups excluding carboxylic acids is 1. The highest BCUT2D eigenvalue weighted by atomic mass is 16.4. The number of carboxylic acid groups (broad SMARTS) is 1. The summed E-state index contributed by atoms with van der Waals surface area (Å²) in [6.45, 7) is 5.89. The molecule has 6 nitrogen and oxygen atoms in total. The number of urea groups is 1. The van der Waals surface area contributed by atoms with Gasteiger partial charge in [-0.05, 0) is 18.9 Å². The average molecular weight is 251 g/mol. The van der Waals surface area contributed by atoms with Crippen molar-refractivity contribution in [3.05, 3.63) is 24.0 Å². The van der Waals surface area contributed by atoms with Gasteiger partial charge in [0.25, 0.3) is 0 Å². The van der Waals surface area contributed by atoms with Gasteiger partial charge in [0, 0.05) is 12.2 Å². The fourth-order valence-electron chi connectivity index (χ4n) is 1.17. The first-order valence-corrected chi connectivity index (χ1v) is 5.66. The maximum Gasteiger partial charge on any atom is 0.337 e. The van der Waals surface area contributed by atoms with E-state index in [1.54, 1.807) is 0 Å². The number of carboxylic acids is 1. The lowest BCUT2D eigenvalue weighted by Crippen LogP contribution is -2.39. The van der Waals surface area contributed by atoms with Crippen LogP contribution in [0.1, 0.15) is 31.1 Å². The molecule has 1 rings (SSSR count). The van der Waals surface area contributed by atoms with Crippen LogP contribution in [-0.2, 0) is 0 Å². The predicted octanol–water partition coefficient (Wildman–Crippen LogP) is 1.95. The van der Waals surface area contributed by atoms with Crippen molar-refractivity contribution >= 4 is 17.7 Å². The molecule has 0 radical (unpaired) electrons. The van der Waals surface area contributed by atoms with E-state index in [9.17, 15) is 9.59 Å². The molecule has 1 aromatic rings. The van der Waals surface area contributed by atoms with Crippen molar-refractivity contribution in [2.24, 2.45) is 5.92 Å². The van der Waals surface area contributed by atoms with E-state index in [0.717, 1.165) is 0 Å². The molecule has 98 valence electrons. The van der Waals surface area contributed by atoms with Crippen molar-refractivity contribution in [2.45, 2.75) is 26.8 Å². The lowest BCUT2D eigenvalue weighted by Gasteiger charge is -2.17. The SMILES string of the molecule is CC(C)C(C)NC(=O)Nc1cncc(C(=O)O)c1. The highest BCUT2D eigenvalue weighted by Crippen LogP contribution is 2.08. The molecular weight excluding hydrogens is 234 g/mol. The number of anilines is 1. The average Bonchev–Trinajstić information content (AvgIpc) is 2.28. The van der Waals surface area contributed by atoms with Crippen LogP contribution in [0.15, 0.2) is 18.5 Å². The van der Waals surface area contributed by atoms with Gasteiger partial charge in [-0.3, -0.25) is 4.98 Å². The molecule has 2 amide bonds. The minimum atomic E-state index is -1.08. The first kappa shape index (κ1) is 14.0. The zero-order chi connectivity index (χ0) is 13.7. The third kappa shape index (κ3) is 4.04. The fraction of sp³-hybridized carbons (Fsp3) is 0.417. The molecule has 0 aliphatic carbocycles. The molecule has 0 aliphatic rings. The Kier molecular flexibility index (Phi) is 4.65. The van der Waals surface area contributed by atoms with Crippen LogP contribution in [0.4, 0.5) is 10.5 Å². The summed E-state index contributed by atoms with van der Waals surface area (Å²) in [5, 5.41) is 14.1. The molecule has 0 fully saturated rings. The molecule has 0 saturated carbocycles. The summed E-state index contributed by atoms with van der Waals surface area (Å²) in [7, 11) is 0. The number of rotatable bonds is 4. The van der Waals surface area contributed by atoms with E-state index in [1.807, 2.05) is 20.8 Å². The molecule has 0 aromatic carbocycles. The molecule has 3 N–H and O–H groups in total. The van der Waals surface area contributed by atoms with E-state index in [-0.39, 0.29) is 17.6 Å². The minimum Gasteiger partial charge on any atom is -0.478 e. The molecule has 1 atom stereocenters. The normalized spacial score (nSPS) is 12.0. The number of carbonyl (C=O) groups is 2. The smallest absolute Gasteiger partial charge is 0.337 e. The van der Waals surface area contributed by atoms with Gasteiger partial charge in [0.2, 0.25) is 0 Å². The Hall–Kier alpha value is -2.11. The topological polar surface area (TPSA) is 91.3 Å². The van der Waals surface area contributed by atoms with Crippen LogP contribution in [0.3, 0.4) is 0 Å². The number of pyridine rings is 1. The van der Waals surface area contributed by atoms with Crippen molar-refractivity contribution < 1.29 is 14.7 Å². The Morgan fingerprint density at radius 2 is 1.94 bits per heavy atom. The zero-order valence-corrected chi connectivity index (χ0v) is 10.6. The van der Waals surface area contributed by atoms with Crippen molar-refractivity contribution in [2.75, 3.05) is 5.32 Å². The monoisotopic (exact) mass is 251 g/mol. The molecule has 6 heteroatoms. The number of nitrogens with one attached hydrogen (secondary N) is 2. The highest BCUT2D eigenvalue weighted by Gasteiger charge is 2.11. The largest absolute Gasteiger partial charge is 0.478 e. The quantitative estimate of drug-likeness (QED) is 0.762. The Labute approximate surface area is 105 Å². The van der Waals surface area contributed by atoms with Crippen LogP contribution >= 0.6 is 0 Å². The summed E-state index contributed by atoms with van der Waals surface area (Å²) in [6.07, 6.45) is 2.62. The van der Waals surface area contributed by atoms with Crippen molar-refractivity contribution in [3.63, 3.8) is 0 Å². The van der Waals surface area contributed by atoms with Crippen LogP contribution in [-0.4, -0.2) is 28.1 Å². The second-order valence-electron chi connectivity index (χ2n) is 4.40. The third-order valence-electron chi connectivity index (χ3n) is 2.60. The van der Waals surface area contributed by atoms with Crippen molar-refractivity contribution in [1.82, 2.24) is 10.3 Å². The van der Waals surface area contributed by atoms with E-state index in [2.05, 4.69) is 15.6 Å². The second kappa shape index (κ2) is 6.00. The van der Waals surface area contributed by atoms with Crippen LogP contribution in [0.5, 0.6) is 0 Å². The molecule has 1 heterocycles. The first-order chi connectivity index (χ1) is 8.40. The van der Waals surface area contributed by atoms with Crippen LogP contribution in [0.2, 0.25) is 0 Å². The molecule has 1 unspecified atom stereocenters. The lowest BCUT2D eigenvalue weighted by atomic mass is 10.1. The number of hydrogen-bond donors (Lipinski definition) is 3. The van der Waals surface area contributed by atoms with Gasteiger partial charge >= 0.3 is 12.0 Å². The molecular formula is C12H17N3O3. The van der Waals surface area contributed by atoms with Crippen LogP contribution in [0, 0.1) is 5.92 Å². The van der Waals surface area contributed by atoms with E-state index >= 15 is 0 Å². The third-order valence-corrected chi connectivity index (χ3v) is 2.60. The van der Waals surface area contributed by atoms with E-state index in [4.69, 9.17) is 5.11 Å². The van der Waals surface area contributed by atoms with E-state index in [0.29, 0.717) is 11.6 Å². The molecule has 0 saturated heterocycles. The van der Waals surface area contributed by atoms with Gasteiger partial charge < -0.3 is 15.7 Å². The van der Waals surface area contributed by atoms with Crippen LogP contribution in [0.25, 0.3) is 0 Å². The number of aromatic nitrogens is 1. The Balaban J connectivity index is 2.65. The Bertz CT molecular complexity index is 446. The molecule has 1 aromatic heterocycles. The number of aromatic carboxylic acids is 1. The Morgan fingerprint density at radius 3 is 2.50 bits per heavy atom. The summed E-state index contributed by atoms with van der Waals surface area (Å²) in [4.78, 5) is 26.1. The van der Waals surface area contributed by atoms with Gasteiger partial charge in [-0.2, -0.15) is 0 Å². The van der Waals surface area contributed by atoms with Gasteiger partial charge in [-0.1, -0.05) is 13.8 Å². The van der Waals surface area contributed by atoms with E-state index in [1.165, 1.54) is 18.5 Å². The Morgan fingerprint density at radius 1 is 1.28 bits per heavy atom. The standard InChI is InChI=1S/C12H17N3O3/c1-7(2)8(3)14-12(18)15-10-4-9(11(16)17)5-13-6-10/h4-8H,1-3H3,(H,16,17)(H2,14,15,18). The predicted molar refractivity (Wildman–Crippen MR) is 67.7 cm³/mol. The number of nitrogens with zero attached hydrogens (tertiary/aromatic N) is 1. The summed E-state index contributed by atoms with van der Waals surface area (Å²) in [6, 6.07) is 1.01. The van der Waals surface area contributed by atoms with E-state index < -0.39 is 5.97 Å². The highest BCUT2D eigenvalue weighted by molar-refractivity contribution is 5.92. The lowest BCUT2D eigenvalue weighted by molar-refractivity contribution is 0.0696. The van der Waals surface area contributed by atoms with Gasteiger partial charge in [-0.25, -0.2) is 9.59 Å². The van der Waals surface area contributed by atoms with Crippen molar-refractivity contribution in [3.8, 4) is 0 Å². The number of amides is 2. The van der Waals surface area contributed by atoms with Crippen molar-refractivity contribution in [1.29, 1.82) is 0 Å². The zero-order valence-electron chi connectivity index (χ0n) is 10.6. The summed E-state index contributed by atoms with van der Waals surface area (Å²) >= 11 is 0. The van der Waals surface area contributed by atoms with Gasteiger partial charge in [0.1, 0.15) is 0 Å². The summed E-state index contributed by atoms with van der Waals surface area (Å²) < 4.78 is 0. The number of hydrogen-bond acceptors (Lipinski definition) is 3. The maximum absolute atomic E-state index is 11.6. The van der Waals surface area contributed by atoms with Crippen LogP contribution < -0.4 is 10.6 Å². The minimum absolute atomic E-state index is 0.0283. The molecule has 0 aliphatic heterocycles. The summed E-state index contributed by atoms with van der Waals surface area (Å²) in [5.74, 6) is -0.763. The van der Waals surface area contributed by atoms with Gasteiger partial charge in [0.05, 0.1) is 17.4 Å². The first-order valence-electron chi connectivity index (χ1n) is 5.66. The maximum atomic E-state index is 11.6.